The fraction of sp³-hybridized carbons (Fsp3) is 0.115. The number of carbonyl (C=O) groups is 3. The van der Waals surface area contributed by atoms with Gasteiger partial charge < -0.3 is 14.8 Å². The summed E-state index contributed by atoms with van der Waals surface area (Å²) in [6.07, 6.45) is 1.61. The molecular formula is C26H22N2O5S. The van der Waals surface area contributed by atoms with Gasteiger partial charge in [0.2, 0.25) is 5.91 Å². The lowest BCUT2D eigenvalue weighted by atomic mass is 10.1. The van der Waals surface area contributed by atoms with Gasteiger partial charge in [-0.05, 0) is 53.2 Å². The predicted molar refractivity (Wildman–Crippen MR) is 132 cm³/mol. The van der Waals surface area contributed by atoms with E-state index in [0.29, 0.717) is 29.4 Å². The van der Waals surface area contributed by atoms with Crippen molar-refractivity contribution in [1.29, 1.82) is 0 Å². The third-order valence-electron chi connectivity index (χ3n) is 4.96. The lowest BCUT2D eigenvalue weighted by molar-refractivity contribution is -0.127. The van der Waals surface area contributed by atoms with Crippen LogP contribution in [0.3, 0.4) is 0 Å². The molecule has 1 fully saturated rings. The molecule has 1 aliphatic heterocycles. The molecule has 4 rings (SSSR count). The van der Waals surface area contributed by atoms with Gasteiger partial charge in [-0.25, -0.2) is 0 Å². The third-order valence-corrected chi connectivity index (χ3v) is 5.86. The van der Waals surface area contributed by atoms with Crippen LogP contribution in [0.4, 0.5) is 10.5 Å². The molecule has 3 aromatic carbocycles. The molecule has 0 bridgehead atoms. The highest BCUT2D eigenvalue weighted by Crippen LogP contribution is 2.34. The number of rotatable bonds is 8. The number of amides is 3. The van der Waals surface area contributed by atoms with Crippen LogP contribution in [0.15, 0.2) is 83.8 Å². The van der Waals surface area contributed by atoms with E-state index < -0.39 is 17.1 Å². The van der Waals surface area contributed by atoms with E-state index in [1.807, 2.05) is 36.4 Å². The molecule has 0 spiro atoms. The predicted octanol–water partition coefficient (Wildman–Crippen LogP) is 4.95. The summed E-state index contributed by atoms with van der Waals surface area (Å²) in [5.74, 6) is 0.108. The highest BCUT2D eigenvalue weighted by Gasteiger charge is 2.36. The molecule has 0 aromatic heterocycles. The van der Waals surface area contributed by atoms with E-state index in [2.05, 4.69) is 5.32 Å². The average Bonchev–Trinajstić information content (AvgIpc) is 3.11. The second-order valence-electron chi connectivity index (χ2n) is 7.37. The molecule has 1 N–H and O–H groups in total. The topological polar surface area (TPSA) is 84.9 Å². The first-order valence-electron chi connectivity index (χ1n) is 10.5. The highest BCUT2D eigenvalue weighted by molar-refractivity contribution is 8.18. The van der Waals surface area contributed by atoms with Gasteiger partial charge in [0.25, 0.3) is 11.1 Å². The van der Waals surface area contributed by atoms with Crippen molar-refractivity contribution in [2.45, 2.75) is 6.61 Å². The summed E-state index contributed by atoms with van der Waals surface area (Å²) in [6, 6.07) is 23.8. The number of anilines is 1. The summed E-state index contributed by atoms with van der Waals surface area (Å²) >= 11 is 0.797. The largest absolute Gasteiger partial charge is 0.493 e. The Bertz CT molecular complexity index is 1230. The second kappa shape index (κ2) is 10.7. The van der Waals surface area contributed by atoms with Crippen molar-refractivity contribution in [3.63, 3.8) is 0 Å². The van der Waals surface area contributed by atoms with Gasteiger partial charge in [-0.15, -0.1) is 0 Å². The maximum atomic E-state index is 12.8. The van der Waals surface area contributed by atoms with Crippen molar-refractivity contribution >= 4 is 40.6 Å². The van der Waals surface area contributed by atoms with Crippen molar-refractivity contribution in [1.82, 2.24) is 4.90 Å². The average molecular weight is 475 g/mol. The zero-order valence-electron chi connectivity index (χ0n) is 18.4. The zero-order chi connectivity index (χ0) is 23.9. The Morgan fingerprint density at radius 1 is 0.971 bits per heavy atom. The Kier molecular flexibility index (Phi) is 7.29. The molecule has 172 valence electrons. The second-order valence-corrected chi connectivity index (χ2v) is 8.36. The summed E-state index contributed by atoms with van der Waals surface area (Å²) in [5.41, 5.74) is 2.27. The van der Waals surface area contributed by atoms with E-state index in [1.54, 1.807) is 55.7 Å². The monoisotopic (exact) mass is 474 g/mol. The number of hydrogen-bond donors (Lipinski definition) is 1. The summed E-state index contributed by atoms with van der Waals surface area (Å²) in [6.45, 7) is -0.00134. The summed E-state index contributed by atoms with van der Waals surface area (Å²) in [4.78, 5) is 38.7. The Morgan fingerprint density at radius 2 is 1.68 bits per heavy atom. The Labute approximate surface area is 201 Å². The number of nitrogens with one attached hydrogen (secondary N) is 1. The molecule has 1 heterocycles. The highest BCUT2D eigenvalue weighted by atomic mass is 32.2. The molecule has 0 saturated carbocycles. The van der Waals surface area contributed by atoms with Gasteiger partial charge >= 0.3 is 0 Å². The van der Waals surface area contributed by atoms with Crippen molar-refractivity contribution in [3.8, 4) is 11.5 Å². The molecule has 7 nitrogen and oxygen atoms in total. The molecule has 1 saturated heterocycles. The van der Waals surface area contributed by atoms with E-state index in [-0.39, 0.29) is 11.4 Å². The molecule has 3 amide bonds. The van der Waals surface area contributed by atoms with E-state index in [4.69, 9.17) is 9.47 Å². The van der Waals surface area contributed by atoms with Crippen LogP contribution in [0.25, 0.3) is 6.08 Å². The first-order chi connectivity index (χ1) is 16.5. The normalized spacial score (nSPS) is 14.4. The number of carbonyl (C=O) groups excluding carboxylic acids is 3. The minimum Gasteiger partial charge on any atom is -0.493 e. The first-order valence-corrected chi connectivity index (χ1v) is 11.3. The van der Waals surface area contributed by atoms with Crippen LogP contribution in [-0.4, -0.2) is 35.6 Å². The lowest BCUT2D eigenvalue weighted by Gasteiger charge is -2.12. The minimum atomic E-state index is -0.513. The number of hydrogen-bond acceptors (Lipinski definition) is 6. The lowest BCUT2D eigenvalue weighted by Crippen LogP contribution is -2.36. The van der Waals surface area contributed by atoms with Crippen LogP contribution in [0.5, 0.6) is 11.5 Å². The molecule has 34 heavy (non-hydrogen) atoms. The Morgan fingerprint density at radius 3 is 2.38 bits per heavy atom. The number of benzene rings is 3. The van der Waals surface area contributed by atoms with Gasteiger partial charge in [-0.2, -0.15) is 0 Å². The van der Waals surface area contributed by atoms with Crippen molar-refractivity contribution < 1.29 is 23.9 Å². The van der Waals surface area contributed by atoms with Gasteiger partial charge in [-0.3, -0.25) is 19.3 Å². The molecule has 0 aliphatic carbocycles. The number of nitrogens with zero attached hydrogens (tertiary/aromatic N) is 1. The van der Waals surface area contributed by atoms with Crippen molar-refractivity contribution in [2.75, 3.05) is 19.0 Å². The van der Waals surface area contributed by atoms with Gasteiger partial charge in [0.1, 0.15) is 13.2 Å². The number of ether oxygens (including phenoxy) is 2. The molecule has 0 unspecified atom stereocenters. The Hall–Kier alpha value is -4.04. The van der Waals surface area contributed by atoms with Crippen LogP contribution in [0.2, 0.25) is 0 Å². The minimum absolute atomic E-state index is 0.233. The Balaban J connectivity index is 1.46. The SMILES string of the molecule is COc1ccc(/C=C2\SC(=O)N(CC(=O)Nc3ccccc3)C2=O)cc1OCc1ccccc1. The zero-order valence-corrected chi connectivity index (χ0v) is 19.2. The van der Waals surface area contributed by atoms with Crippen LogP contribution in [0.1, 0.15) is 11.1 Å². The fourth-order valence-corrected chi connectivity index (χ4v) is 4.12. The molecule has 8 heteroatoms. The molecule has 0 atom stereocenters. The van der Waals surface area contributed by atoms with Gasteiger partial charge in [0, 0.05) is 5.69 Å². The fourth-order valence-electron chi connectivity index (χ4n) is 3.28. The van der Waals surface area contributed by atoms with E-state index in [9.17, 15) is 14.4 Å². The van der Waals surface area contributed by atoms with Gasteiger partial charge in [-0.1, -0.05) is 54.6 Å². The number of methoxy groups -OCH3 is 1. The maximum Gasteiger partial charge on any atom is 0.294 e. The molecule has 3 aromatic rings. The summed E-state index contributed by atoms with van der Waals surface area (Å²) < 4.78 is 11.3. The quantitative estimate of drug-likeness (QED) is 0.465. The number of imide groups is 1. The first kappa shape index (κ1) is 23.1. The number of thioether (sulfide) groups is 1. The standard InChI is InChI=1S/C26H22N2O5S/c1-32-21-13-12-19(14-22(21)33-17-18-8-4-2-5-9-18)15-23-25(30)28(26(31)34-23)16-24(29)27-20-10-6-3-7-11-20/h2-15H,16-17H2,1H3,(H,27,29)/b23-15-. The molecular weight excluding hydrogens is 452 g/mol. The molecule has 1 aliphatic rings. The summed E-state index contributed by atoms with van der Waals surface area (Å²) in [5, 5.41) is 2.19. The van der Waals surface area contributed by atoms with Crippen molar-refractivity contribution in [3.05, 3.63) is 94.9 Å². The molecule has 0 radical (unpaired) electrons. The maximum absolute atomic E-state index is 12.8. The van der Waals surface area contributed by atoms with E-state index >= 15 is 0 Å². The third kappa shape index (κ3) is 5.65. The van der Waals surface area contributed by atoms with Crippen molar-refractivity contribution in [2.24, 2.45) is 0 Å². The van der Waals surface area contributed by atoms with Crippen LogP contribution >= 0.6 is 11.8 Å². The van der Waals surface area contributed by atoms with Gasteiger partial charge in [0.15, 0.2) is 11.5 Å². The van der Waals surface area contributed by atoms with Crippen LogP contribution < -0.4 is 14.8 Å². The van der Waals surface area contributed by atoms with Crippen LogP contribution in [-0.2, 0) is 16.2 Å². The van der Waals surface area contributed by atoms with Crippen LogP contribution in [0, 0.1) is 0 Å². The van der Waals surface area contributed by atoms with E-state index in [0.717, 1.165) is 22.2 Å². The van der Waals surface area contributed by atoms with Gasteiger partial charge in [0.05, 0.1) is 12.0 Å². The summed E-state index contributed by atoms with van der Waals surface area (Å²) in [7, 11) is 1.55. The number of para-hydroxylation sites is 1. The van der Waals surface area contributed by atoms with E-state index in [1.165, 1.54) is 0 Å². The smallest absolute Gasteiger partial charge is 0.294 e.